The number of amides is 2. The van der Waals surface area contributed by atoms with Crippen molar-refractivity contribution in [3.8, 4) is 0 Å². The van der Waals surface area contributed by atoms with Gasteiger partial charge in [-0.25, -0.2) is 0 Å². The average Bonchev–Trinajstić information content (AvgIpc) is 2.29. The number of aryl methyl sites for hydroxylation is 1. The maximum Gasteiger partial charge on any atom is 0.248 e. The fourth-order valence-corrected chi connectivity index (χ4v) is 1.53. The quantitative estimate of drug-likeness (QED) is 0.730. The van der Waals surface area contributed by atoms with Crippen molar-refractivity contribution in [3.05, 3.63) is 29.3 Å². The lowest BCUT2D eigenvalue weighted by Crippen LogP contribution is -2.20. The molecule has 18 heavy (non-hydrogen) atoms. The summed E-state index contributed by atoms with van der Waals surface area (Å²) in [4.78, 5) is 22.6. The van der Waals surface area contributed by atoms with Crippen molar-refractivity contribution in [2.24, 2.45) is 11.5 Å². The summed E-state index contributed by atoms with van der Waals surface area (Å²) < 4.78 is 0. The first kappa shape index (κ1) is 14.2. The number of hydrogen-bond acceptors (Lipinski definition) is 3. The van der Waals surface area contributed by atoms with Gasteiger partial charge in [0.05, 0.1) is 0 Å². The zero-order valence-electron chi connectivity index (χ0n) is 10.7. The van der Waals surface area contributed by atoms with Crippen LogP contribution in [0.3, 0.4) is 0 Å². The van der Waals surface area contributed by atoms with E-state index in [1.54, 1.807) is 18.2 Å². The first-order valence-electron chi connectivity index (χ1n) is 5.86. The highest BCUT2D eigenvalue weighted by atomic mass is 16.1. The molecule has 5 heteroatoms. The van der Waals surface area contributed by atoms with E-state index < -0.39 is 5.91 Å². The van der Waals surface area contributed by atoms with Crippen LogP contribution < -0.4 is 16.8 Å². The number of carbonyl (C=O) groups excluding carboxylic acids is 2. The van der Waals surface area contributed by atoms with Crippen molar-refractivity contribution in [3.63, 3.8) is 0 Å². The molecule has 0 radical (unpaired) electrons. The Hall–Kier alpha value is -1.88. The summed E-state index contributed by atoms with van der Waals surface area (Å²) in [5.74, 6) is -0.560. The van der Waals surface area contributed by atoms with Crippen LogP contribution in [0.1, 0.15) is 35.7 Å². The van der Waals surface area contributed by atoms with Gasteiger partial charge >= 0.3 is 0 Å². The third-order valence-electron chi connectivity index (χ3n) is 2.61. The van der Waals surface area contributed by atoms with Crippen LogP contribution in [0.5, 0.6) is 0 Å². The van der Waals surface area contributed by atoms with Gasteiger partial charge < -0.3 is 16.8 Å². The normalized spacial score (nSPS) is 11.9. The van der Waals surface area contributed by atoms with Gasteiger partial charge in [-0.3, -0.25) is 9.59 Å². The molecule has 0 spiro atoms. The van der Waals surface area contributed by atoms with E-state index in [2.05, 4.69) is 5.32 Å². The Morgan fingerprint density at radius 1 is 1.39 bits per heavy atom. The lowest BCUT2D eigenvalue weighted by Gasteiger charge is -2.10. The number of anilines is 1. The lowest BCUT2D eigenvalue weighted by atomic mass is 10.1. The van der Waals surface area contributed by atoms with Crippen LogP contribution in [0.15, 0.2) is 18.2 Å². The van der Waals surface area contributed by atoms with Gasteiger partial charge in [0.1, 0.15) is 0 Å². The summed E-state index contributed by atoms with van der Waals surface area (Å²) >= 11 is 0. The smallest absolute Gasteiger partial charge is 0.248 e. The minimum Gasteiger partial charge on any atom is -0.366 e. The Labute approximate surface area is 107 Å². The average molecular weight is 249 g/mol. The maximum absolute atomic E-state index is 11.6. The molecule has 5 nitrogen and oxygen atoms in total. The van der Waals surface area contributed by atoms with Crippen molar-refractivity contribution >= 4 is 17.5 Å². The number of nitrogens with two attached hydrogens (primary N) is 2. The van der Waals surface area contributed by atoms with E-state index in [4.69, 9.17) is 11.5 Å². The predicted molar refractivity (Wildman–Crippen MR) is 71.2 cm³/mol. The van der Waals surface area contributed by atoms with Crippen LogP contribution in [0.2, 0.25) is 0 Å². The Morgan fingerprint density at radius 2 is 2.06 bits per heavy atom. The fourth-order valence-electron chi connectivity index (χ4n) is 1.53. The molecular formula is C13H19N3O2. The fraction of sp³-hybridized carbons (Fsp3) is 0.385. The molecular weight excluding hydrogens is 230 g/mol. The van der Waals surface area contributed by atoms with Crippen LogP contribution in [0, 0.1) is 6.92 Å². The molecule has 2 amide bonds. The van der Waals surface area contributed by atoms with Gasteiger partial charge in [-0.15, -0.1) is 0 Å². The second kappa shape index (κ2) is 6.16. The topological polar surface area (TPSA) is 98.2 Å². The van der Waals surface area contributed by atoms with Gasteiger partial charge in [-0.05, 0) is 44.0 Å². The molecule has 0 heterocycles. The molecule has 98 valence electrons. The summed E-state index contributed by atoms with van der Waals surface area (Å²) in [7, 11) is 0. The molecule has 0 aliphatic carbocycles. The highest BCUT2D eigenvalue weighted by molar-refractivity contribution is 5.95. The maximum atomic E-state index is 11.6. The van der Waals surface area contributed by atoms with Crippen molar-refractivity contribution in [2.75, 3.05) is 5.32 Å². The molecule has 0 saturated heterocycles. The first-order valence-corrected chi connectivity index (χ1v) is 5.86. The van der Waals surface area contributed by atoms with Crippen LogP contribution in [-0.2, 0) is 4.79 Å². The molecule has 0 saturated carbocycles. The Morgan fingerprint density at radius 3 is 2.56 bits per heavy atom. The molecule has 0 fully saturated rings. The third-order valence-corrected chi connectivity index (χ3v) is 2.61. The molecule has 1 atom stereocenters. The summed E-state index contributed by atoms with van der Waals surface area (Å²) in [5.41, 5.74) is 12.7. The predicted octanol–water partition coefficient (Wildman–Crippen LogP) is 1.16. The standard InChI is InChI=1S/C13H19N3O2/c1-8-7-10(13(15)18)4-5-11(8)16-12(17)6-3-9(2)14/h4-5,7,9H,3,6,14H2,1-2H3,(H2,15,18)(H,16,17). The highest BCUT2D eigenvalue weighted by Gasteiger charge is 2.08. The number of rotatable bonds is 5. The number of carbonyl (C=O) groups is 2. The first-order chi connectivity index (χ1) is 8.40. The Kier molecular flexibility index (Phi) is 4.85. The zero-order chi connectivity index (χ0) is 13.7. The van der Waals surface area contributed by atoms with Crippen molar-refractivity contribution in [2.45, 2.75) is 32.7 Å². The monoisotopic (exact) mass is 249 g/mol. The van der Waals surface area contributed by atoms with E-state index in [1.165, 1.54) is 0 Å². The van der Waals surface area contributed by atoms with Gasteiger partial charge in [0, 0.05) is 23.7 Å². The van der Waals surface area contributed by atoms with E-state index in [9.17, 15) is 9.59 Å². The van der Waals surface area contributed by atoms with Gasteiger partial charge in [0.25, 0.3) is 0 Å². The molecule has 0 aromatic heterocycles. The van der Waals surface area contributed by atoms with E-state index in [0.29, 0.717) is 24.1 Å². The molecule has 1 aromatic carbocycles. The van der Waals surface area contributed by atoms with E-state index in [1.807, 2.05) is 13.8 Å². The summed E-state index contributed by atoms with van der Waals surface area (Å²) in [6, 6.07) is 4.94. The summed E-state index contributed by atoms with van der Waals surface area (Å²) in [6.07, 6.45) is 1.03. The van der Waals surface area contributed by atoms with Crippen LogP contribution >= 0.6 is 0 Å². The molecule has 1 rings (SSSR count). The molecule has 1 aromatic rings. The Balaban J connectivity index is 2.68. The van der Waals surface area contributed by atoms with Gasteiger partial charge in [-0.2, -0.15) is 0 Å². The second-order valence-corrected chi connectivity index (χ2v) is 4.46. The largest absolute Gasteiger partial charge is 0.366 e. The summed E-state index contributed by atoms with van der Waals surface area (Å²) in [5, 5.41) is 2.79. The van der Waals surface area contributed by atoms with Crippen molar-refractivity contribution in [1.82, 2.24) is 0 Å². The molecule has 0 bridgehead atoms. The van der Waals surface area contributed by atoms with Gasteiger partial charge in [0.15, 0.2) is 0 Å². The molecule has 1 unspecified atom stereocenters. The SMILES string of the molecule is Cc1cc(C(N)=O)ccc1NC(=O)CCC(C)N. The zero-order valence-corrected chi connectivity index (χ0v) is 10.7. The number of primary amides is 1. The third kappa shape index (κ3) is 4.18. The van der Waals surface area contributed by atoms with Gasteiger partial charge in [0.2, 0.25) is 11.8 Å². The van der Waals surface area contributed by atoms with Crippen molar-refractivity contribution < 1.29 is 9.59 Å². The van der Waals surface area contributed by atoms with Gasteiger partial charge in [-0.1, -0.05) is 0 Å². The molecule has 0 aliphatic rings. The minimum absolute atomic E-state index is 0.00841. The van der Waals surface area contributed by atoms with E-state index >= 15 is 0 Å². The Bertz CT molecular complexity index is 456. The molecule has 5 N–H and O–H groups in total. The van der Waals surface area contributed by atoms with Crippen LogP contribution in [-0.4, -0.2) is 17.9 Å². The lowest BCUT2D eigenvalue weighted by molar-refractivity contribution is -0.116. The van der Waals surface area contributed by atoms with Crippen molar-refractivity contribution in [1.29, 1.82) is 0 Å². The highest BCUT2D eigenvalue weighted by Crippen LogP contribution is 2.16. The van der Waals surface area contributed by atoms with Crippen LogP contribution in [0.4, 0.5) is 5.69 Å². The minimum atomic E-state index is -0.479. The number of hydrogen-bond donors (Lipinski definition) is 3. The van der Waals surface area contributed by atoms with E-state index in [0.717, 1.165) is 5.56 Å². The summed E-state index contributed by atoms with van der Waals surface area (Å²) in [6.45, 7) is 3.67. The molecule has 0 aliphatic heterocycles. The van der Waals surface area contributed by atoms with E-state index in [-0.39, 0.29) is 11.9 Å². The van der Waals surface area contributed by atoms with Crippen LogP contribution in [0.25, 0.3) is 0 Å². The number of nitrogens with one attached hydrogen (secondary N) is 1. The number of benzene rings is 1. The second-order valence-electron chi connectivity index (χ2n) is 4.46.